The first-order chi connectivity index (χ1) is 14.2. The summed E-state index contributed by atoms with van der Waals surface area (Å²) in [5.41, 5.74) is 6.85. The summed E-state index contributed by atoms with van der Waals surface area (Å²) in [5.74, 6) is 0.257. The molecule has 8 nitrogen and oxygen atoms in total. The lowest BCUT2D eigenvalue weighted by Crippen LogP contribution is -2.31. The largest absolute Gasteiger partial charge is 0.463 e. The van der Waals surface area contributed by atoms with Crippen LogP contribution in [-0.2, 0) is 6.54 Å². The molecular weight excluding hydrogens is 368 g/mol. The molecule has 0 saturated carbocycles. The lowest BCUT2D eigenvalue weighted by molar-refractivity contribution is 0.286. The van der Waals surface area contributed by atoms with E-state index in [9.17, 15) is 4.79 Å². The van der Waals surface area contributed by atoms with Crippen LogP contribution in [0.15, 0.2) is 4.79 Å². The molecule has 1 atom stereocenters. The number of anilines is 1. The summed E-state index contributed by atoms with van der Waals surface area (Å²) in [6, 6.07) is 0.896. The predicted molar refractivity (Wildman–Crippen MR) is 116 cm³/mol. The van der Waals surface area contributed by atoms with Gasteiger partial charge in [-0.25, -0.2) is 4.79 Å². The van der Waals surface area contributed by atoms with Crippen LogP contribution in [0, 0.1) is 0 Å². The van der Waals surface area contributed by atoms with E-state index in [1.165, 1.54) is 44.9 Å². The fourth-order valence-corrected chi connectivity index (χ4v) is 3.97. The van der Waals surface area contributed by atoms with Gasteiger partial charge in [0.25, 0.3) is 0 Å². The smallest absolute Gasteiger partial charge is 0.327 e. The normalized spacial score (nSPS) is 17.9. The number of ether oxygens (including phenoxy) is 1. The first kappa shape index (κ1) is 21.6. The van der Waals surface area contributed by atoms with Crippen LogP contribution in [0.5, 0.6) is 6.01 Å². The highest BCUT2D eigenvalue weighted by Gasteiger charge is 2.15. The molecule has 1 aliphatic rings. The molecule has 0 bridgehead atoms. The molecule has 4 N–H and O–H groups in total. The lowest BCUT2D eigenvalue weighted by Gasteiger charge is -2.21. The van der Waals surface area contributed by atoms with E-state index in [0.29, 0.717) is 30.4 Å². The number of nitrogens with one attached hydrogen (secondary N) is 2. The Morgan fingerprint density at radius 2 is 2.00 bits per heavy atom. The number of nitrogens with zero attached hydrogens (tertiary/aromatic N) is 3. The van der Waals surface area contributed by atoms with Gasteiger partial charge in [-0.15, -0.1) is 0 Å². The average molecular weight is 405 g/mol. The molecule has 1 unspecified atom stereocenters. The molecule has 0 spiro atoms. The van der Waals surface area contributed by atoms with E-state index >= 15 is 0 Å². The van der Waals surface area contributed by atoms with E-state index in [1.807, 2.05) is 0 Å². The minimum absolute atomic E-state index is 0.187. The molecule has 0 amide bonds. The first-order valence-corrected chi connectivity index (χ1v) is 11.3. The number of hydrogen-bond acceptors (Lipinski definition) is 6. The second kappa shape index (κ2) is 11.2. The van der Waals surface area contributed by atoms with Gasteiger partial charge in [0.05, 0.1) is 6.61 Å². The summed E-state index contributed by atoms with van der Waals surface area (Å²) in [6.07, 6.45) is 13.0. The van der Waals surface area contributed by atoms with Crippen molar-refractivity contribution in [1.29, 1.82) is 0 Å². The Morgan fingerprint density at radius 1 is 1.14 bits per heavy atom. The number of imidazole rings is 1. The van der Waals surface area contributed by atoms with Crippen LogP contribution in [0.2, 0.25) is 0 Å². The maximum atomic E-state index is 12.4. The third-order valence-corrected chi connectivity index (χ3v) is 5.71. The third kappa shape index (κ3) is 6.19. The van der Waals surface area contributed by atoms with Crippen molar-refractivity contribution >= 4 is 17.0 Å². The van der Waals surface area contributed by atoms with Crippen molar-refractivity contribution in [3.8, 4) is 6.01 Å². The summed E-state index contributed by atoms with van der Waals surface area (Å²) in [6.45, 7) is 4.42. The number of H-pyrrole nitrogens is 1. The Morgan fingerprint density at radius 3 is 2.86 bits per heavy atom. The second-order valence-corrected chi connectivity index (χ2v) is 8.08. The molecule has 1 fully saturated rings. The summed E-state index contributed by atoms with van der Waals surface area (Å²) < 4.78 is 7.25. The van der Waals surface area contributed by atoms with Crippen LogP contribution in [0.1, 0.15) is 77.6 Å². The SMILES string of the molecule is CCCCOc1nc(N)c2[nH]c(=O)n(CCCCCC3CCCCCCN3)c2n1. The Labute approximate surface area is 172 Å². The number of nitrogens with two attached hydrogens (primary N) is 1. The maximum Gasteiger partial charge on any atom is 0.327 e. The van der Waals surface area contributed by atoms with E-state index in [2.05, 4.69) is 27.2 Å². The van der Waals surface area contributed by atoms with Gasteiger partial charge in [-0.1, -0.05) is 45.4 Å². The Kier molecular flexibility index (Phi) is 8.34. The average Bonchev–Trinajstić information content (AvgIpc) is 2.99. The molecule has 1 aliphatic heterocycles. The molecule has 3 heterocycles. The number of fused-ring (bicyclic) bond motifs is 1. The van der Waals surface area contributed by atoms with Crippen LogP contribution < -0.4 is 21.5 Å². The summed E-state index contributed by atoms with van der Waals surface area (Å²) in [7, 11) is 0. The second-order valence-electron chi connectivity index (χ2n) is 8.08. The summed E-state index contributed by atoms with van der Waals surface area (Å²) >= 11 is 0. The van der Waals surface area contributed by atoms with Crippen molar-refractivity contribution in [2.75, 3.05) is 18.9 Å². The minimum Gasteiger partial charge on any atom is -0.463 e. The monoisotopic (exact) mass is 404 g/mol. The molecule has 3 rings (SSSR count). The van der Waals surface area contributed by atoms with E-state index in [-0.39, 0.29) is 17.5 Å². The van der Waals surface area contributed by atoms with Gasteiger partial charge in [-0.3, -0.25) is 4.57 Å². The molecule has 0 aromatic carbocycles. The number of aromatic nitrogens is 4. The van der Waals surface area contributed by atoms with Crippen LogP contribution in [0.4, 0.5) is 5.82 Å². The van der Waals surface area contributed by atoms with E-state index in [0.717, 1.165) is 32.2 Å². The fraction of sp³-hybridized carbons (Fsp3) is 0.762. The number of aryl methyl sites for hydroxylation is 1. The van der Waals surface area contributed by atoms with Gasteiger partial charge in [-0.2, -0.15) is 9.97 Å². The lowest BCUT2D eigenvalue weighted by atomic mass is 9.99. The summed E-state index contributed by atoms with van der Waals surface area (Å²) in [4.78, 5) is 23.8. The van der Waals surface area contributed by atoms with Crippen LogP contribution in [0.3, 0.4) is 0 Å². The number of nitrogen functional groups attached to an aromatic ring is 1. The van der Waals surface area contributed by atoms with Crippen molar-refractivity contribution in [3.05, 3.63) is 10.5 Å². The topological polar surface area (TPSA) is 111 Å². The highest BCUT2D eigenvalue weighted by atomic mass is 16.5. The van der Waals surface area contributed by atoms with Crippen LogP contribution in [-0.4, -0.2) is 38.7 Å². The van der Waals surface area contributed by atoms with Gasteiger partial charge in [0, 0.05) is 12.6 Å². The number of aromatic amines is 1. The van der Waals surface area contributed by atoms with Crippen LogP contribution >= 0.6 is 0 Å². The van der Waals surface area contributed by atoms with Gasteiger partial charge >= 0.3 is 11.7 Å². The van der Waals surface area contributed by atoms with Gasteiger partial charge in [0.15, 0.2) is 11.5 Å². The standard InChI is InChI=1S/C21H36N6O2/c1-2-3-15-29-20-25-18(22)17-19(26-20)27(21(28)24-17)14-10-6-8-12-16-11-7-4-5-9-13-23-16/h16,23H,2-15H2,1H3,(H,24,28)(H2,22,25,26). The number of unbranched alkanes of at least 4 members (excludes halogenated alkanes) is 3. The Balaban J connectivity index is 1.53. The molecule has 2 aromatic heterocycles. The van der Waals surface area contributed by atoms with Crippen molar-refractivity contribution in [3.63, 3.8) is 0 Å². The van der Waals surface area contributed by atoms with E-state index in [4.69, 9.17) is 10.5 Å². The zero-order valence-electron chi connectivity index (χ0n) is 17.7. The zero-order valence-corrected chi connectivity index (χ0v) is 17.7. The molecule has 0 radical (unpaired) electrons. The molecule has 162 valence electrons. The highest BCUT2D eigenvalue weighted by molar-refractivity contribution is 5.81. The Hall–Kier alpha value is -2.09. The van der Waals surface area contributed by atoms with Gasteiger partial charge in [-0.05, 0) is 38.6 Å². The van der Waals surface area contributed by atoms with Crippen molar-refractivity contribution < 1.29 is 4.74 Å². The van der Waals surface area contributed by atoms with E-state index < -0.39 is 0 Å². The molecule has 1 saturated heterocycles. The van der Waals surface area contributed by atoms with Gasteiger partial charge in [0.1, 0.15) is 5.52 Å². The quantitative estimate of drug-likeness (QED) is 0.524. The minimum atomic E-state index is -0.187. The van der Waals surface area contributed by atoms with E-state index in [1.54, 1.807) is 4.57 Å². The maximum absolute atomic E-state index is 12.4. The van der Waals surface area contributed by atoms with Gasteiger partial charge in [0.2, 0.25) is 0 Å². The van der Waals surface area contributed by atoms with Crippen molar-refractivity contribution in [2.24, 2.45) is 0 Å². The van der Waals surface area contributed by atoms with Crippen molar-refractivity contribution in [2.45, 2.75) is 90.1 Å². The first-order valence-electron chi connectivity index (χ1n) is 11.3. The molecule has 2 aromatic rings. The third-order valence-electron chi connectivity index (χ3n) is 5.71. The molecular formula is C21H36N6O2. The van der Waals surface area contributed by atoms with Crippen LogP contribution in [0.25, 0.3) is 11.2 Å². The predicted octanol–water partition coefficient (Wildman–Crippen LogP) is 3.36. The molecule has 29 heavy (non-hydrogen) atoms. The Bertz CT molecular complexity index is 807. The highest BCUT2D eigenvalue weighted by Crippen LogP contribution is 2.19. The van der Waals surface area contributed by atoms with Gasteiger partial charge < -0.3 is 20.8 Å². The zero-order chi connectivity index (χ0) is 20.5. The van der Waals surface area contributed by atoms with Crippen molar-refractivity contribution in [1.82, 2.24) is 24.8 Å². The number of hydrogen-bond donors (Lipinski definition) is 3. The summed E-state index contributed by atoms with van der Waals surface area (Å²) in [5, 5.41) is 3.69. The molecule has 0 aliphatic carbocycles. The fourth-order valence-electron chi connectivity index (χ4n) is 3.97. The molecule has 8 heteroatoms. The number of rotatable bonds is 10.